The molecule has 0 bridgehead atoms. The molecule has 1 atom stereocenters. The fraction of sp³-hybridized carbons (Fsp3) is 0.200. The lowest BCUT2D eigenvalue weighted by Crippen LogP contribution is -2.43. The zero-order chi connectivity index (χ0) is 22.2. The standard InChI is InChI=1S/C20H18N4O6S/c1-29-19(26)16(10-13-6-3-2-4-7-13)21-17(25)12-31-20-23-22-18(30-20)14-8-5-9-15(11-14)24(27)28/h2-9,11,16H,10,12H2,1H3,(H,21,25)/t16-/m1/s1. The Morgan fingerprint density at radius 2 is 1.97 bits per heavy atom. The number of nitro benzene ring substituents is 1. The molecule has 2 aromatic carbocycles. The number of hydrogen-bond acceptors (Lipinski definition) is 9. The first-order chi connectivity index (χ1) is 15.0. The zero-order valence-electron chi connectivity index (χ0n) is 16.4. The molecule has 3 aromatic rings. The highest BCUT2D eigenvalue weighted by atomic mass is 32.2. The molecule has 11 heteroatoms. The van der Waals surface area contributed by atoms with Crippen LogP contribution in [-0.4, -0.2) is 45.9 Å². The number of nitrogens with zero attached hydrogens (tertiary/aromatic N) is 3. The highest BCUT2D eigenvalue weighted by Crippen LogP contribution is 2.25. The molecule has 1 amide bonds. The van der Waals surface area contributed by atoms with Crippen molar-refractivity contribution < 1.29 is 23.7 Å². The Morgan fingerprint density at radius 1 is 1.19 bits per heavy atom. The van der Waals surface area contributed by atoms with Gasteiger partial charge in [0.15, 0.2) is 0 Å². The van der Waals surface area contributed by atoms with Crippen LogP contribution in [0.2, 0.25) is 0 Å². The third kappa shape index (κ3) is 6.12. The van der Waals surface area contributed by atoms with Gasteiger partial charge in [0.25, 0.3) is 10.9 Å². The first-order valence-electron chi connectivity index (χ1n) is 9.08. The lowest BCUT2D eigenvalue weighted by atomic mass is 10.1. The summed E-state index contributed by atoms with van der Waals surface area (Å²) in [7, 11) is 1.26. The molecule has 160 valence electrons. The fourth-order valence-corrected chi connectivity index (χ4v) is 3.26. The molecule has 0 unspecified atom stereocenters. The van der Waals surface area contributed by atoms with Crippen molar-refractivity contribution in [3.8, 4) is 11.5 Å². The van der Waals surface area contributed by atoms with Crippen LogP contribution in [0.15, 0.2) is 64.2 Å². The van der Waals surface area contributed by atoms with Gasteiger partial charge in [0.1, 0.15) is 6.04 Å². The van der Waals surface area contributed by atoms with E-state index in [-0.39, 0.29) is 22.6 Å². The first-order valence-corrected chi connectivity index (χ1v) is 10.1. The Morgan fingerprint density at radius 3 is 2.68 bits per heavy atom. The number of carbonyl (C=O) groups excluding carboxylic acids is 2. The molecule has 0 radical (unpaired) electrons. The highest BCUT2D eigenvalue weighted by molar-refractivity contribution is 7.99. The summed E-state index contributed by atoms with van der Waals surface area (Å²) in [6.45, 7) is 0. The molecule has 0 aliphatic rings. The van der Waals surface area contributed by atoms with Crippen LogP contribution in [0.4, 0.5) is 5.69 Å². The Balaban J connectivity index is 1.59. The fourth-order valence-electron chi connectivity index (χ4n) is 2.69. The minimum atomic E-state index is -0.830. The maximum atomic E-state index is 12.3. The van der Waals surface area contributed by atoms with Crippen molar-refractivity contribution in [2.24, 2.45) is 0 Å². The number of ether oxygens (including phenoxy) is 1. The molecule has 0 saturated carbocycles. The number of rotatable bonds is 9. The maximum absolute atomic E-state index is 12.3. The van der Waals surface area contributed by atoms with E-state index >= 15 is 0 Å². The van der Waals surface area contributed by atoms with E-state index < -0.39 is 22.8 Å². The third-order valence-electron chi connectivity index (χ3n) is 4.14. The molecule has 0 aliphatic carbocycles. The zero-order valence-corrected chi connectivity index (χ0v) is 17.2. The van der Waals surface area contributed by atoms with Crippen molar-refractivity contribution in [3.05, 3.63) is 70.3 Å². The summed E-state index contributed by atoms with van der Waals surface area (Å²) in [6, 6.07) is 14.2. The van der Waals surface area contributed by atoms with E-state index in [1.54, 1.807) is 6.07 Å². The number of methoxy groups -OCH3 is 1. The molecule has 0 fully saturated rings. The average molecular weight is 442 g/mol. The van der Waals surface area contributed by atoms with Gasteiger partial charge < -0.3 is 14.5 Å². The van der Waals surface area contributed by atoms with E-state index in [1.165, 1.54) is 25.3 Å². The summed E-state index contributed by atoms with van der Waals surface area (Å²) in [6.07, 6.45) is 0.293. The van der Waals surface area contributed by atoms with Crippen LogP contribution in [0.3, 0.4) is 0 Å². The number of benzene rings is 2. The Hall–Kier alpha value is -3.73. The summed E-state index contributed by atoms with van der Waals surface area (Å²) >= 11 is 0.984. The van der Waals surface area contributed by atoms with E-state index in [2.05, 4.69) is 15.5 Å². The maximum Gasteiger partial charge on any atom is 0.328 e. The van der Waals surface area contributed by atoms with Gasteiger partial charge in [-0.3, -0.25) is 14.9 Å². The predicted molar refractivity (Wildman–Crippen MR) is 111 cm³/mol. The Bertz CT molecular complexity index is 1070. The van der Waals surface area contributed by atoms with Crippen LogP contribution < -0.4 is 5.32 Å². The molecule has 1 aromatic heterocycles. The number of hydrogen-bond donors (Lipinski definition) is 1. The van der Waals surface area contributed by atoms with Crippen molar-refractivity contribution in [3.63, 3.8) is 0 Å². The second kappa shape index (κ2) is 10.3. The lowest BCUT2D eigenvalue weighted by molar-refractivity contribution is -0.384. The van der Waals surface area contributed by atoms with Gasteiger partial charge in [-0.05, 0) is 11.6 Å². The monoisotopic (exact) mass is 442 g/mol. The first kappa shape index (κ1) is 22.0. The quantitative estimate of drug-likeness (QED) is 0.229. The van der Waals surface area contributed by atoms with E-state index in [0.717, 1.165) is 17.3 Å². The third-order valence-corrected chi connectivity index (χ3v) is 4.96. The Labute approximate surface area is 181 Å². The molecule has 10 nitrogen and oxygen atoms in total. The van der Waals surface area contributed by atoms with Gasteiger partial charge in [0.2, 0.25) is 11.8 Å². The highest BCUT2D eigenvalue weighted by Gasteiger charge is 2.22. The van der Waals surface area contributed by atoms with Crippen molar-refractivity contribution >= 4 is 29.3 Å². The SMILES string of the molecule is COC(=O)[C@@H](Cc1ccccc1)NC(=O)CSc1nnc(-c2cccc([N+](=O)[O-])c2)o1. The summed E-state index contributed by atoms with van der Waals surface area (Å²) in [5.41, 5.74) is 1.17. The average Bonchev–Trinajstić information content (AvgIpc) is 3.26. The molecule has 31 heavy (non-hydrogen) atoms. The molecule has 0 spiro atoms. The minimum Gasteiger partial charge on any atom is -0.467 e. The normalized spacial score (nSPS) is 11.5. The summed E-state index contributed by atoms with van der Waals surface area (Å²) in [4.78, 5) is 34.7. The number of esters is 1. The number of amides is 1. The van der Waals surface area contributed by atoms with Gasteiger partial charge in [0.05, 0.1) is 17.8 Å². The number of aromatic nitrogens is 2. The van der Waals surface area contributed by atoms with Crippen molar-refractivity contribution in [2.45, 2.75) is 17.7 Å². The Kier molecular flexibility index (Phi) is 7.33. The predicted octanol–water partition coefficient (Wildman–Crippen LogP) is 2.64. The van der Waals surface area contributed by atoms with Gasteiger partial charge in [-0.15, -0.1) is 10.2 Å². The number of nitro groups is 1. The van der Waals surface area contributed by atoms with E-state index in [9.17, 15) is 19.7 Å². The van der Waals surface area contributed by atoms with E-state index in [0.29, 0.717) is 12.0 Å². The number of thioether (sulfide) groups is 1. The van der Waals surface area contributed by atoms with Crippen LogP contribution in [0.5, 0.6) is 0 Å². The van der Waals surface area contributed by atoms with E-state index in [4.69, 9.17) is 9.15 Å². The van der Waals surface area contributed by atoms with Gasteiger partial charge >= 0.3 is 5.97 Å². The van der Waals surface area contributed by atoms with Gasteiger partial charge in [0, 0.05) is 24.1 Å². The molecular weight excluding hydrogens is 424 g/mol. The van der Waals surface area contributed by atoms with Crippen LogP contribution in [0, 0.1) is 10.1 Å². The molecular formula is C20H18N4O6S. The summed E-state index contributed by atoms with van der Waals surface area (Å²) < 4.78 is 10.2. The largest absolute Gasteiger partial charge is 0.467 e. The molecule has 0 saturated heterocycles. The smallest absolute Gasteiger partial charge is 0.328 e. The second-order valence-corrected chi connectivity index (χ2v) is 7.23. The van der Waals surface area contributed by atoms with E-state index in [1.807, 2.05) is 30.3 Å². The molecule has 3 rings (SSSR count). The summed E-state index contributed by atoms with van der Waals surface area (Å²) in [5.74, 6) is -0.929. The molecule has 1 N–H and O–H groups in total. The number of nitrogens with one attached hydrogen (secondary N) is 1. The molecule has 1 heterocycles. The van der Waals surface area contributed by atoms with Gasteiger partial charge in [-0.25, -0.2) is 4.79 Å². The second-order valence-electron chi connectivity index (χ2n) is 6.30. The van der Waals surface area contributed by atoms with Crippen molar-refractivity contribution in [1.29, 1.82) is 0 Å². The van der Waals surface area contributed by atoms with Gasteiger partial charge in [-0.2, -0.15) is 0 Å². The van der Waals surface area contributed by atoms with Crippen molar-refractivity contribution in [2.75, 3.05) is 12.9 Å². The summed E-state index contributed by atoms with van der Waals surface area (Å²) in [5, 5.41) is 21.4. The minimum absolute atomic E-state index is 0.0706. The topological polar surface area (TPSA) is 137 Å². The van der Waals surface area contributed by atoms with Crippen LogP contribution in [0.25, 0.3) is 11.5 Å². The van der Waals surface area contributed by atoms with Crippen LogP contribution in [0.1, 0.15) is 5.56 Å². The van der Waals surface area contributed by atoms with Crippen LogP contribution >= 0.6 is 11.8 Å². The number of carbonyl (C=O) groups is 2. The number of non-ortho nitro benzene ring substituents is 1. The van der Waals surface area contributed by atoms with Crippen molar-refractivity contribution in [1.82, 2.24) is 15.5 Å². The molecule has 0 aliphatic heterocycles. The van der Waals surface area contributed by atoms with Gasteiger partial charge in [-0.1, -0.05) is 48.2 Å². The van der Waals surface area contributed by atoms with Crippen LogP contribution in [-0.2, 0) is 20.7 Å². The lowest BCUT2D eigenvalue weighted by Gasteiger charge is -2.16.